The molecule has 0 fully saturated rings. The van der Waals surface area contributed by atoms with E-state index in [0.717, 1.165) is 0 Å². The summed E-state index contributed by atoms with van der Waals surface area (Å²) in [6.07, 6.45) is 12.5. The van der Waals surface area contributed by atoms with E-state index in [9.17, 15) is 0 Å². The fraction of sp³-hybridized carbons (Fsp3) is 0.143. The smallest absolute Gasteiger partial charge is 0.0270 e. The molecule has 8 heavy (non-hydrogen) atoms. The summed E-state index contributed by atoms with van der Waals surface area (Å²) in [5.74, 6) is 2.47. The standard InChI is InChI=1S/C7H9N/c1-2-3-4-5-6-7-8/h1,4-7H,3,8H2/b5-4-,7-6-. The second kappa shape index (κ2) is 5.84. The molecule has 0 aliphatic rings. The van der Waals surface area contributed by atoms with E-state index < -0.39 is 0 Å². The molecule has 0 heterocycles. The van der Waals surface area contributed by atoms with Crippen molar-refractivity contribution >= 4 is 0 Å². The van der Waals surface area contributed by atoms with Crippen molar-refractivity contribution in [2.45, 2.75) is 6.42 Å². The third-order valence-electron chi connectivity index (χ3n) is 0.594. The molecule has 0 aromatic rings. The van der Waals surface area contributed by atoms with E-state index in [1.54, 1.807) is 6.08 Å². The minimum Gasteiger partial charge on any atom is -0.405 e. The maximum Gasteiger partial charge on any atom is 0.0270 e. The van der Waals surface area contributed by atoms with Crippen molar-refractivity contribution in [2.24, 2.45) is 5.73 Å². The summed E-state index contributed by atoms with van der Waals surface area (Å²) in [7, 11) is 0. The summed E-state index contributed by atoms with van der Waals surface area (Å²) in [4.78, 5) is 0. The quantitative estimate of drug-likeness (QED) is 0.414. The minimum atomic E-state index is 0.671. The molecule has 1 heteroatoms. The molecule has 0 rings (SSSR count). The molecule has 0 aliphatic heterocycles. The van der Waals surface area contributed by atoms with Crippen molar-refractivity contribution in [3.05, 3.63) is 24.4 Å². The fourth-order valence-electron chi connectivity index (χ4n) is 0.279. The first-order valence-electron chi connectivity index (χ1n) is 2.38. The zero-order valence-corrected chi connectivity index (χ0v) is 4.67. The van der Waals surface area contributed by atoms with Gasteiger partial charge in [0.25, 0.3) is 0 Å². The second-order valence-electron chi connectivity index (χ2n) is 1.22. The normalized spacial score (nSPS) is 10.4. The van der Waals surface area contributed by atoms with E-state index in [1.807, 2.05) is 12.2 Å². The van der Waals surface area contributed by atoms with Crippen LogP contribution in [-0.2, 0) is 0 Å². The molecule has 0 unspecified atom stereocenters. The highest BCUT2D eigenvalue weighted by Gasteiger charge is 1.61. The number of terminal acetylenes is 1. The SMILES string of the molecule is C#CC/C=C\C=C/N. The van der Waals surface area contributed by atoms with Crippen LogP contribution in [0.5, 0.6) is 0 Å². The van der Waals surface area contributed by atoms with Gasteiger partial charge < -0.3 is 5.73 Å². The Morgan fingerprint density at radius 2 is 2.25 bits per heavy atom. The van der Waals surface area contributed by atoms with Crippen molar-refractivity contribution in [1.82, 2.24) is 0 Å². The van der Waals surface area contributed by atoms with Gasteiger partial charge >= 0.3 is 0 Å². The molecule has 0 amide bonds. The van der Waals surface area contributed by atoms with Gasteiger partial charge in [0.1, 0.15) is 0 Å². The van der Waals surface area contributed by atoms with Crippen LogP contribution < -0.4 is 5.73 Å². The highest BCUT2D eigenvalue weighted by molar-refractivity contribution is 5.05. The molecule has 0 saturated heterocycles. The Kier molecular flexibility index (Phi) is 4.99. The molecular weight excluding hydrogens is 98.1 g/mol. The number of hydrogen-bond acceptors (Lipinski definition) is 1. The highest BCUT2D eigenvalue weighted by Crippen LogP contribution is 1.78. The molecule has 0 atom stereocenters. The largest absolute Gasteiger partial charge is 0.405 e. The zero-order chi connectivity index (χ0) is 6.24. The molecule has 0 bridgehead atoms. The Morgan fingerprint density at radius 3 is 2.75 bits per heavy atom. The van der Waals surface area contributed by atoms with Gasteiger partial charge in [0.15, 0.2) is 0 Å². The fourth-order valence-corrected chi connectivity index (χ4v) is 0.279. The summed E-state index contributed by atoms with van der Waals surface area (Å²) in [6, 6.07) is 0. The molecule has 42 valence electrons. The predicted molar refractivity (Wildman–Crippen MR) is 35.9 cm³/mol. The summed E-state index contributed by atoms with van der Waals surface area (Å²) >= 11 is 0. The number of nitrogens with two attached hydrogens (primary N) is 1. The molecule has 0 spiro atoms. The molecular formula is C7H9N. The van der Waals surface area contributed by atoms with Crippen LogP contribution >= 0.6 is 0 Å². The van der Waals surface area contributed by atoms with Gasteiger partial charge in [-0.05, 0) is 12.3 Å². The summed E-state index contributed by atoms with van der Waals surface area (Å²) in [5.41, 5.74) is 5.03. The van der Waals surface area contributed by atoms with E-state index in [2.05, 4.69) is 5.92 Å². The summed E-state index contributed by atoms with van der Waals surface area (Å²) < 4.78 is 0. The number of hydrogen-bond donors (Lipinski definition) is 1. The lowest BCUT2D eigenvalue weighted by Gasteiger charge is -1.71. The first kappa shape index (κ1) is 6.84. The third kappa shape index (κ3) is 4.84. The first-order valence-corrected chi connectivity index (χ1v) is 2.38. The molecule has 0 aromatic heterocycles. The number of rotatable bonds is 2. The van der Waals surface area contributed by atoms with Crippen molar-refractivity contribution in [3.8, 4) is 12.3 Å². The lowest BCUT2D eigenvalue weighted by Crippen LogP contribution is -1.71. The van der Waals surface area contributed by atoms with Gasteiger partial charge in [-0.25, -0.2) is 0 Å². The highest BCUT2D eigenvalue weighted by atomic mass is 14.5. The van der Waals surface area contributed by atoms with Crippen molar-refractivity contribution in [3.63, 3.8) is 0 Å². The van der Waals surface area contributed by atoms with Gasteiger partial charge in [-0.15, -0.1) is 12.3 Å². The lowest BCUT2D eigenvalue weighted by molar-refractivity contribution is 1.47. The van der Waals surface area contributed by atoms with Crippen LogP contribution in [-0.4, -0.2) is 0 Å². The monoisotopic (exact) mass is 107 g/mol. The van der Waals surface area contributed by atoms with Crippen LogP contribution in [0.2, 0.25) is 0 Å². The molecule has 0 aliphatic carbocycles. The van der Waals surface area contributed by atoms with Gasteiger partial charge in [-0.1, -0.05) is 12.2 Å². The maximum absolute atomic E-state index is 5.03. The van der Waals surface area contributed by atoms with E-state index in [4.69, 9.17) is 12.2 Å². The third-order valence-corrected chi connectivity index (χ3v) is 0.594. The van der Waals surface area contributed by atoms with Gasteiger partial charge in [-0.2, -0.15) is 0 Å². The molecule has 0 radical (unpaired) electrons. The van der Waals surface area contributed by atoms with E-state index in [0.29, 0.717) is 6.42 Å². The first-order chi connectivity index (χ1) is 3.91. The second-order valence-corrected chi connectivity index (χ2v) is 1.22. The van der Waals surface area contributed by atoms with Gasteiger partial charge in [0, 0.05) is 6.42 Å². The molecule has 0 aromatic carbocycles. The summed E-state index contributed by atoms with van der Waals surface area (Å²) in [5, 5.41) is 0. The Bertz CT molecular complexity index is 126. The molecule has 2 N–H and O–H groups in total. The Balaban J connectivity index is 3.24. The van der Waals surface area contributed by atoms with Crippen LogP contribution in [0.15, 0.2) is 24.4 Å². The van der Waals surface area contributed by atoms with E-state index >= 15 is 0 Å². The van der Waals surface area contributed by atoms with Crippen molar-refractivity contribution in [2.75, 3.05) is 0 Å². The van der Waals surface area contributed by atoms with E-state index in [1.165, 1.54) is 6.20 Å². The zero-order valence-electron chi connectivity index (χ0n) is 4.67. The molecule has 1 nitrogen and oxygen atoms in total. The Morgan fingerprint density at radius 1 is 1.50 bits per heavy atom. The van der Waals surface area contributed by atoms with Gasteiger partial charge in [0.05, 0.1) is 0 Å². The van der Waals surface area contributed by atoms with Crippen molar-refractivity contribution in [1.29, 1.82) is 0 Å². The minimum absolute atomic E-state index is 0.671. The predicted octanol–water partition coefficient (Wildman–Crippen LogP) is 1.04. The Hall–Kier alpha value is -1.16. The molecule has 0 saturated carbocycles. The average Bonchev–Trinajstić information content (AvgIpc) is 1.81. The van der Waals surface area contributed by atoms with Crippen molar-refractivity contribution < 1.29 is 0 Å². The Labute approximate surface area is 49.9 Å². The van der Waals surface area contributed by atoms with Gasteiger partial charge in [0.2, 0.25) is 0 Å². The average molecular weight is 107 g/mol. The van der Waals surface area contributed by atoms with E-state index in [-0.39, 0.29) is 0 Å². The van der Waals surface area contributed by atoms with Crippen LogP contribution in [0.3, 0.4) is 0 Å². The van der Waals surface area contributed by atoms with Crippen LogP contribution in [0.1, 0.15) is 6.42 Å². The van der Waals surface area contributed by atoms with Crippen LogP contribution in [0.25, 0.3) is 0 Å². The topological polar surface area (TPSA) is 26.0 Å². The summed E-state index contributed by atoms with van der Waals surface area (Å²) in [6.45, 7) is 0. The lowest BCUT2D eigenvalue weighted by atomic mass is 10.4. The maximum atomic E-state index is 5.03. The number of allylic oxidation sites excluding steroid dienone is 3. The van der Waals surface area contributed by atoms with Gasteiger partial charge in [-0.3, -0.25) is 0 Å². The van der Waals surface area contributed by atoms with Crippen LogP contribution in [0.4, 0.5) is 0 Å². The van der Waals surface area contributed by atoms with Crippen LogP contribution in [0, 0.1) is 12.3 Å².